The van der Waals surface area contributed by atoms with Gasteiger partial charge in [-0.3, -0.25) is 0 Å². The molecular formula is C10H11BrN4OS. The fourth-order valence-electron chi connectivity index (χ4n) is 1.34. The van der Waals surface area contributed by atoms with Gasteiger partial charge >= 0.3 is 0 Å². The highest BCUT2D eigenvalue weighted by molar-refractivity contribution is 9.11. The lowest BCUT2D eigenvalue weighted by molar-refractivity contribution is 0.181. The van der Waals surface area contributed by atoms with Gasteiger partial charge in [0.1, 0.15) is 5.82 Å². The summed E-state index contributed by atoms with van der Waals surface area (Å²) in [4.78, 5) is 9.70. The minimum Gasteiger partial charge on any atom is -0.378 e. The lowest BCUT2D eigenvalue weighted by Gasteiger charge is -2.05. The third-order valence-electron chi connectivity index (χ3n) is 2.01. The largest absolute Gasteiger partial charge is 0.378 e. The molecule has 0 saturated heterocycles. The summed E-state index contributed by atoms with van der Waals surface area (Å²) < 4.78 is 6.10. The lowest BCUT2D eigenvalue weighted by atomic mass is 10.3. The SMILES string of the molecule is COCc1cc(NN)nc(-c2ccc(Br)s2)n1. The minimum atomic E-state index is 0.427. The summed E-state index contributed by atoms with van der Waals surface area (Å²) in [6.07, 6.45) is 0. The third-order valence-corrected chi connectivity index (χ3v) is 3.63. The molecule has 5 nitrogen and oxygen atoms in total. The van der Waals surface area contributed by atoms with Gasteiger partial charge in [0.05, 0.1) is 21.0 Å². The zero-order valence-corrected chi connectivity index (χ0v) is 11.5. The minimum absolute atomic E-state index is 0.427. The number of hydrazine groups is 1. The fraction of sp³-hybridized carbons (Fsp3) is 0.200. The van der Waals surface area contributed by atoms with Crippen LogP contribution in [0.4, 0.5) is 5.82 Å². The Kier molecular flexibility index (Phi) is 4.06. The maximum absolute atomic E-state index is 5.38. The van der Waals surface area contributed by atoms with Gasteiger partial charge in [0, 0.05) is 13.2 Å². The van der Waals surface area contributed by atoms with Crippen molar-refractivity contribution in [2.24, 2.45) is 5.84 Å². The van der Waals surface area contributed by atoms with Crippen LogP contribution in [-0.4, -0.2) is 17.1 Å². The number of nitrogens with two attached hydrogens (primary N) is 1. The molecule has 0 spiro atoms. The van der Waals surface area contributed by atoms with E-state index in [2.05, 4.69) is 31.3 Å². The van der Waals surface area contributed by atoms with E-state index in [1.54, 1.807) is 24.5 Å². The van der Waals surface area contributed by atoms with Crippen LogP contribution >= 0.6 is 27.3 Å². The van der Waals surface area contributed by atoms with E-state index in [4.69, 9.17) is 10.6 Å². The maximum Gasteiger partial charge on any atom is 0.172 e. The Bertz CT molecular complexity index is 517. The molecule has 0 atom stereocenters. The normalized spacial score (nSPS) is 10.5. The first-order valence-corrected chi connectivity index (χ1v) is 6.43. The first-order chi connectivity index (χ1) is 8.22. The molecular weight excluding hydrogens is 304 g/mol. The molecule has 2 aromatic heterocycles. The van der Waals surface area contributed by atoms with E-state index in [9.17, 15) is 0 Å². The van der Waals surface area contributed by atoms with Crippen molar-refractivity contribution in [3.05, 3.63) is 27.7 Å². The zero-order valence-electron chi connectivity index (χ0n) is 9.11. The Labute approximate surface area is 111 Å². The summed E-state index contributed by atoms with van der Waals surface area (Å²) in [6.45, 7) is 0.427. The Morgan fingerprint density at radius 2 is 2.29 bits per heavy atom. The van der Waals surface area contributed by atoms with Gasteiger partial charge in [-0.05, 0) is 28.1 Å². The van der Waals surface area contributed by atoms with Crippen LogP contribution in [0, 0.1) is 0 Å². The van der Waals surface area contributed by atoms with E-state index in [0.29, 0.717) is 18.2 Å². The van der Waals surface area contributed by atoms with Gasteiger partial charge in [0.25, 0.3) is 0 Å². The predicted molar refractivity (Wildman–Crippen MR) is 71.6 cm³/mol. The number of nitrogens with one attached hydrogen (secondary N) is 1. The molecule has 0 aliphatic heterocycles. The molecule has 7 heteroatoms. The smallest absolute Gasteiger partial charge is 0.172 e. The Balaban J connectivity index is 2.42. The van der Waals surface area contributed by atoms with Crippen LogP contribution in [0.3, 0.4) is 0 Å². The number of methoxy groups -OCH3 is 1. The second kappa shape index (κ2) is 5.54. The molecule has 0 aromatic carbocycles. The van der Waals surface area contributed by atoms with E-state index in [0.717, 1.165) is 14.4 Å². The van der Waals surface area contributed by atoms with Gasteiger partial charge in [-0.15, -0.1) is 11.3 Å². The number of thiophene rings is 1. The number of halogens is 1. The number of hydrogen-bond acceptors (Lipinski definition) is 6. The summed E-state index contributed by atoms with van der Waals surface area (Å²) >= 11 is 4.98. The Morgan fingerprint density at radius 3 is 2.88 bits per heavy atom. The maximum atomic E-state index is 5.38. The van der Waals surface area contributed by atoms with Crippen LogP contribution in [0.15, 0.2) is 22.0 Å². The van der Waals surface area contributed by atoms with Crippen LogP contribution in [0.1, 0.15) is 5.69 Å². The summed E-state index contributed by atoms with van der Waals surface area (Å²) in [7, 11) is 1.62. The summed E-state index contributed by atoms with van der Waals surface area (Å²) in [6, 6.07) is 5.68. The van der Waals surface area contributed by atoms with Gasteiger partial charge < -0.3 is 10.2 Å². The molecule has 2 aromatic rings. The number of hydrogen-bond donors (Lipinski definition) is 2. The molecule has 2 rings (SSSR count). The average molecular weight is 315 g/mol. The number of ether oxygens (including phenoxy) is 1. The van der Waals surface area contributed by atoms with Gasteiger partial charge in [0.2, 0.25) is 0 Å². The van der Waals surface area contributed by atoms with Crippen molar-refractivity contribution in [1.82, 2.24) is 9.97 Å². The molecule has 0 aliphatic rings. The lowest BCUT2D eigenvalue weighted by Crippen LogP contribution is -2.10. The van der Waals surface area contributed by atoms with Crippen LogP contribution in [-0.2, 0) is 11.3 Å². The van der Waals surface area contributed by atoms with E-state index < -0.39 is 0 Å². The van der Waals surface area contributed by atoms with Crippen LogP contribution in [0.5, 0.6) is 0 Å². The highest BCUT2D eigenvalue weighted by Crippen LogP contribution is 2.29. The van der Waals surface area contributed by atoms with Gasteiger partial charge in [-0.2, -0.15) is 0 Å². The van der Waals surface area contributed by atoms with E-state index in [-0.39, 0.29) is 0 Å². The highest BCUT2D eigenvalue weighted by Gasteiger charge is 2.08. The number of anilines is 1. The second-order valence-corrected chi connectivity index (χ2v) is 5.71. The highest BCUT2D eigenvalue weighted by atomic mass is 79.9. The van der Waals surface area contributed by atoms with Crippen molar-refractivity contribution in [2.75, 3.05) is 12.5 Å². The molecule has 0 unspecified atom stereocenters. The van der Waals surface area contributed by atoms with Gasteiger partial charge in [-0.25, -0.2) is 15.8 Å². The van der Waals surface area contributed by atoms with Gasteiger partial charge in [-0.1, -0.05) is 0 Å². The predicted octanol–water partition coefficient (Wildman–Crippen LogP) is 2.40. The summed E-state index contributed by atoms with van der Waals surface area (Å²) in [5.41, 5.74) is 3.32. The molecule has 3 N–H and O–H groups in total. The van der Waals surface area contributed by atoms with Crippen LogP contribution < -0.4 is 11.3 Å². The molecule has 0 fully saturated rings. The molecule has 0 aliphatic carbocycles. The second-order valence-electron chi connectivity index (χ2n) is 3.25. The van der Waals surface area contributed by atoms with Crippen LogP contribution in [0.2, 0.25) is 0 Å². The van der Waals surface area contributed by atoms with E-state index in [1.807, 2.05) is 12.1 Å². The standard InChI is InChI=1S/C10H11BrN4OS/c1-16-5-6-4-9(15-12)14-10(13-6)7-2-3-8(11)17-7/h2-4H,5,12H2,1H3,(H,13,14,15). The quantitative estimate of drug-likeness (QED) is 0.669. The summed E-state index contributed by atoms with van der Waals surface area (Å²) in [5, 5.41) is 0. The van der Waals surface area contributed by atoms with Crippen molar-refractivity contribution in [3.63, 3.8) is 0 Å². The number of nitrogens with zero attached hydrogens (tertiary/aromatic N) is 2. The number of nitrogen functional groups attached to an aromatic ring is 1. The topological polar surface area (TPSA) is 73.1 Å². The first kappa shape index (κ1) is 12.4. The van der Waals surface area contributed by atoms with Gasteiger partial charge in [0.15, 0.2) is 5.82 Å². The number of aromatic nitrogens is 2. The Morgan fingerprint density at radius 1 is 1.47 bits per heavy atom. The van der Waals surface area contributed by atoms with E-state index in [1.165, 1.54) is 0 Å². The number of rotatable bonds is 4. The molecule has 0 saturated carbocycles. The molecule has 0 radical (unpaired) electrons. The molecule has 90 valence electrons. The van der Waals surface area contributed by atoms with Crippen molar-refractivity contribution in [1.29, 1.82) is 0 Å². The molecule has 17 heavy (non-hydrogen) atoms. The van der Waals surface area contributed by atoms with Crippen molar-refractivity contribution >= 4 is 33.1 Å². The molecule has 0 bridgehead atoms. The molecule has 0 amide bonds. The molecule has 2 heterocycles. The Hall–Kier alpha value is -1.02. The zero-order chi connectivity index (χ0) is 12.3. The van der Waals surface area contributed by atoms with Crippen molar-refractivity contribution in [3.8, 4) is 10.7 Å². The van der Waals surface area contributed by atoms with Crippen molar-refractivity contribution < 1.29 is 4.74 Å². The first-order valence-electron chi connectivity index (χ1n) is 4.82. The summed E-state index contributed by atoms with van der Waals surface area (Å²) in [5.74, 6) is 6.60. The van der Waals surface area contributed by atoms with Crippen LogP contribution in [0.25, 0.3) is 10.7 Å². The monoisotopic (exact) mass is 314 g/mol. The third kappa shape index (κ3) is 3.01. The van der Waals surface area contributed by atoms with Crippen molar-refractivity contribution in [2.45, 2.75) is 6.61 Å². The fourth-order valence-corrected chi connectivity index (χ4v) is 2.66. The van der Waals surface area contributed by atoms with E-state index >= 15 is 0 Å². The average Bonchev–Trinajstić information content (AvgIpc) is 2.76.